The van der Waals surface area contributed by atoms with Crippen molar-refractivity contribution < 1.29 is 24.2 Å². The maximum Gasteiger partial charge on any atom is 0.301 e. The first-order valence-electron chi connectivity index (χ1n) is 14.0. The van der Waals surface area contributed by atoms with E-state index < -0.39 is 17.7 Å². The Hall–Kier alpha value is -4.17. The number of carbonyl (C=O) groups excluding carboxylic acids is 2. The number of hydrogen-bond donors (Lipinski definition) is 1. The van der Waals surface area contributed by atoms with Crippen LogP contribution in [0.5, 0.6) is 11.5 Å². The molecule has 0 saturated carbocycles. The highest BCUT2D eigenvalue weighted by atomic mass is 32.1. The Morgan fingerprint density at radius 1 is 1.12 bits per heavy atom. The van der Waals surface area contributed by atoms with Crippen molar-refractivity contribution in [2.24, 2.45) is 0 Å². The third-order valence-electron chi connectivity index (χ3n) is 7.54. The molecular formula is C33H32N2O5S. The van der Waals surface area contributed by atoms with Gasteiger partial charge in [0.25, 0.3) is 5.78 Å². The van der Waals surface area contributed by atoms with Gasteiger partial charge in [0.2, 0.25) is 0 Å². The van der Waals surface area contributed by atoms with Crippen molar-refractivity contribution in [3.05, 3.63) is 88.5 Å². The number of fused-ring (bicyclic) bond motifs is 2. The molecular weight excluding hydrogens is 536 g/mol. The van der Waals surface area contributed by atoms with Crippen molar-refractivity contribution in [1.29, 1.82) is 0 Å². The lowest BCUT2D eigenvalue weighted by Crippen LogP contribution is -2.29. The Morgan fingerprint density at radius 3 is 2.80 bits per heavy atom. The van der Waals surface area contributed by atoms with E-state index in [0.717, 1.165) is 46.4 Å². The average molecular weight is 569 g/mol. The lowest BCUT2D eigenvalue weighted by Gasteiger charge is -2.23. The number of carbonyl (C=O) groups is 2. The van der Waals surface area contributed by atoms with E-state index in [2.05, 4.69) is 6.92 Å². The van der Waals surface area contributed by atoms with Gasteiger partial charge in [-0.2, -0.15) is 0 Å². The van der Waals surface area contributed by atoms with Gasteiger partial charge < -0.3 is 14.6 Å². The first kappa shape index (κ1) is 27.0. The molecule has 6 rings (SSSR count). The smallest absolute Gasteiger partial charge is 0.301 e. The topological polar surface area (TPSA) is 89.0 Å². The SMILES string of the molecule is CCCCCOc1cccc([C@H]2C(=C(O)c3ccc4c(c3)C[C@@H](C)O4)C(=O)C(=O)N2c2nc3ccc(C)cc3s2)c1. The molecule has 3 heterocycles. The number of aliphatic hydroxyl groups is 1. The van der Waals surface area contributed by atoms with Gasteiger partial charge in [-0.05, 0) is 79.4 Å². The van der Waals surface area contributed by atoms with Crippen LogP contribution in [-0.4, -0.2) is 34.5 Å². The van der Waals surface area contributed by atoms with Gasteiger partial charge in [0.15, 0.2) is 5.13 Å². The number of benzene rings is 3. The highest BCUT2D eigenvalue weighted by molar-refractivity contribution is 7.22. The summed E-state index contributed by atoms with van der Waals surface area (Å²) in [5.41, 5.74) is 3.94. The van der Waals surface area contributed by atoms with E-state index in [4.69, 9.17) is 14.5 Å². The standard InChI is InChI=1S/C33H32N2O5S/c1-4-5-6-14-39-24-9-7-8-21(18-24)29-28(30(36)22-11-13-26-23(17-22)16-20(3)40-26)31(37)32(38)35(29)33-34-25-12-10-19(2)15-27(25)41-33/h7-13,15,17-18,20,29,36H,4-6,14,16H2,1-3H3/t20-,29+/m1/s1. The maximum absolute atomic E-state index is 13.7. The minimum Gasteiger partial charge on any atom is -0.507 e. The lowest BCUT2D eigenvalue weighted by molar-refractivity contribution is -0.132. The number of amides is 1. The van der Waals surface area contributed by atoms with Gasteiger partial charge in [-0.3, -0.25) is 14.5 Å². The lowest BCUT2D eigenvalue weighted by atomic mass is 9.94. The molecule has 1 N–H and O–H groups in total. The van der Waals surface area contributed by atoms with Crippen molar-refractivity contribution in [3.63, 3.8) is 0 Å². The maximum atomic E-state index is 13.7. The van der Waals surface area contributed by atoms with E-state index in [0.29, 0.717) is 35.0 Å². The fourth-order valence-electron chi connectivity index (χ4n) is 5.51. The number of aromatic nitrogens is 1. The number of thiazole rings is 1. The summed E-state index contributed by atoms with van der Waals surface area (Å²) >= 11 is 1.35. The number of Topliss-reactive ketones (excluding diaryl/α,β-unsaturated/α-hetero) is 1. The molecule has 0 bridgehead atoms. The number of aliphatic hydroxyl groups excluding tert-OH is 1. The van der Waals surface area contributed by atoms with Crippen molar-refractivity contribution >= 4 is 44.1 Å². The summed E-state index contributed by atoms with van der Waals surface area (Å²) in [6, 6.07) is 17.8. The second kappa shape index (κ2) is 11.0. The highest BCUT2D eigenvalue weighted by Gasteiger charge is 2.48. The number of nitrogens with zero attached hydrogens (tertiary/aromatic N) is 2. The first-order chi connectivity index (χ1) is 19.8. The molecule has 1 aromatic heterocycles. The van der Waals surface area contributed by atoms with E-state index in [1.165, 1.54) is 16.2 Å². The van der Waals surface area contributed by atoms with E-state index in [1.54, 1.807) is 12.1 Å². The number of rotatable bonds is 8. The zero-order chi connectivity index (χ0) is 28.7. The van der Waals surface area contributed by atoms with Crippen LogP contribution in [0.2, 0.25) is 0 Å². The number of aryl methyl sites for hydroxylation is 1. The molecule has 41 heavy (non-hydrogen) atoms. The minimum atomic E-state index is -0.876. The molecule has 210 valence electrons. The molecule has 1 amide bonds. The number of anilines is 1. The molecule has 2 aliphatic rings. The fourth-order valence-corrected chi connectivity index (χ4v) is 6.60. The van der Waals surface area contributed by atoms with E-state index in [9.17, 15) is 14.7 Å². The fraction of sp³-hybridized carbons (Fsp3) is 0.303. The molecule has 2 aliphatic heterocycles. The molecule has 7 nitrogen and oxygen atoms in total. The Morgan fingerprint density at radius 2 is 1.98 bits per heavy atom. The number of hydrogen-bond acceptors (Lipinski definition) is 7. The molecule has 2 atom stereocenters. The summed E-state index contributed by atoms with van der Waals surface area (Å²) in [4.78, 5) is 33.5. The summed E-state index contributed by atoms with van der Waals surface area (Å²) < 4.78 is 12.7. The summed E-state index contributed by atoms with van der Waals surface area (Å²) in [5.74, 6) is -0.275. The predicted molar refractivity (Wildman–Crippen MR) is 161 cm³/mol. The third kappa shape index (κ3) is 5.08. The van der Waals surface area contributed by atoms with Crippen LogP contribution in [0.3, 0.4) is 0 Å². The average Bonchev–Trinajstić information content (AvgIpc) is 3.62. The van der Waals surface area contributed by atoms with Crippen LogP contribution in [0, 0.1) is 6.92 Å². The van der Waals surface area contributed by atoms with Crippen LogP contribution in [-0.2, 0) is 16.0 Å². The summed E-state index contributed by atoms with van der Waals surface area (Å²) in [5, 5.41) is 12.0. The molecule has 1 fully saturated rings. The van der Waals surface area contributed by atoms with E-state index in [1.807, 2.05) is 62.4 Å². The Kier molecular flexibility index (Phi) is 7.26. The molecule has 1 saturated heterocycles. The normalized spacial score (nSPS) is 19.5. The highest BCUT2D eigenvalue weighted by Crippen LogP contribution is 2.45. The van der Waals surface area contributed by atoms with Gasteiger partial charge in [0.05, 0.1) is 28.4 Å². The summed E-state index contributed by atoms with van der Waals surface area (Å²) in [6.07, 6.45) is 3.84. The second-order valence-corrected chi connectivity index (χ2v) is 11.7. The second-order valence-electron chi connectivity index (χ2n) is 10.7. The molecule has 8 heteroatoms. The van der Waals surface area contributed by atoms with Crippen LogP contribution < -0.4 is 14.4 Å². The minimum absolute atomic E-state index is 0.0282. The molecule has 4 aromatic rings. The first-order valence-corrected chi connectivity index (χ1v) is 14.9. The molecule has 0 unspecified atom stereocenters. The van der Waals surface area contributed by atoms with Crippen molar-refractivity contribution in [1.82, 2.24) is 4.98 Å². The van der Waals surface area contributed by atoms with E-state index >= 15 is 0 Å². The van der Waals surface area contributed by atoms with Crippen molar-refractivity contribution in [2.75, 3.05) is 11.5 Å². The molecule has 0 aliphatic carbocycles. The Labute approximate surface area is 243 Å². The Balaban J connectivity index is 1.47. The van der Waals surface area contributed by atoms with Crippen LogP contribution in [0.25, 0.3) is 16.0 Å². The zero-order valence-corrected chi connectivity index (χ0v) is 24.2. The van der Waals surface area contributed by atoms with Crippen LogP contribution in [0.4, 0.5) is 5.13 Å². The van der Waals surface area contributed by atoms with Crippen LogP contribution in [0.15, 0.2) is 66.2 Å². The van der Waals surface area contributed by atoms with Gasteiger partial charge in [0.1, 0.15) is 23.4 Å². The predicted octanol–water partition coefficient (Wildman–Crippen LogP) is 7.12. The van der Waals surface area contributed by atoms with Crippen LogP contribution in [0.1, 0.15) is 61.4 Å². The monoisotopic (exact) mass is 568 g/mol. The summed E-state index contributed by atoms with van der Waals surface area (Å²) in [6.45, 7) is 6.70. The van der Waals surface area contributed by atoms with E-state index in [-0.39, 0.29) is 17.4 Å². The molecule has 3 aromatic carbocycles. The largest absolute Gasteiger partial charge is 0.507 e. The summed E-state index contributed by atoms with van der Waals surface area (Å²) in [7, 11) is 0. The van der Waals surface area contributed by atoms with Gasteiger partial charge in [-0.25, -0.2) is 4.98 Å². The van der Waals surface area contributed by atoms with Crippen LogP contribution >= 0.6 is 11.3 Å². The molecule has 0 radical (unpaired) electrons. The zero-order valence-electron chi connectivity index (χ0n) is 23.3. The Bertz CT molecular complexity index is 1690. The van der Waals surface area contributed by atoms with Crippen molar-refractivity contribution in [2.45, 2.75) is 58.6 Å². The van der Waals surface area contributed by atoms with Gasteiger partial charge >= 0.3 is 5.91 Å². The van der Waals surface area contributed by atoms with Gasteiger partial charge in [-0.15, -0.1) is 0 Å². The van der Waals surface area contributed by atoms with Gasteiger partial charge in [-0.1, -0.05) is 49.3 Å². The quantitative estimate of drug-likeness (QED) is 0.105. The van der Waals surface area contributed by atoms with Crippen molar-refractivity contribution in [3.8, 4) is 11.5 Å². The number of ketones is 1. The number of unbranched alkanes of at least 4 members (excludes halogenated alkanes) is 2. The van der Waals surface area contributed by atoms with Gasteiger partial charge in [0, 0.05) is 12.0 Å². The third-order valence-corrected chi connectivity index (χ3v) is 8.56. The molecule has 0 spiro atoms. The number of ether oxygens (including phenoxy) is 2.